The summed E-state index contributed by atoms with van der Waals surface area (Å²) in [6.07, 6.45) is 1.67. The average Bonchev–Trinajstić information content (AvgIpc) is 2.34. The smallest absolute Gasteiger partial charge is 0.330 e. The summed E-state index contributed by atoms with van der Waals surface area (Å²) >= 11 is 6.04. The van der Waals surface area contributed by atoms with Crippen LogP contribution in [0.5, 0.6) is 0 Å². The quantitative estimate of drug-likeness (QED) is 0.407. The van der Waals surface area contributed by atoms with E-state index in [4.69, 9.17) is 9.47 Å². The number of carbonyl (C=O) groups excluding carboxylic acids is 2. The monoisotopic (exact) mass is 385 g/mol. The Morgan fingerprint density at radius 3 is 2.33 bits per heavy atom. The highest BCUT2D eigenvalue weighted by atomic mass is 79.9. The predicted octanol–water partition coefficient (Wildman–Crippen LogP) is 1.53. The summed E-state index contributed by atoms with van der Waals surface area (Å²) in [5.74, 6) is -0.629. The van der Waals surface area contributed by atoms with Crippen LogP contribution in [0, 0.1) is 5.92 Å². The molecule has 0 aromatic carbocycles. The lowest BCUT2D eigenvalue weighted by molar-refractivity contribution is -0.155. The largest absolute Gasteiger partial charge is 0.462 e. The van der Waals surface area contributed by atoms with Crippen LogP contribution in [-0.2, 0) is 19.1 Å². The van der Waals surface area contributed by atoms with Crippen molar-refractivity contribution in [2.45, 2.75) is 16.6 Å². The number of likely N-dealkylation sites (tertiary alicyclic amines) is 1. The average molecular weight is 387 g/mol. The molecule has 0 unspecified atom stereocenters. The number of hydrogen-bond acceptors (Lipinski definition) is 5. The van der Waals surface area contributed by atoms with E-state index in [1.807, 2.05) is 7.05 Å². The van der Waals surface area contributed by atoms with Gasteiger partial charge in [-0.25, -0.2) is 4.79 Å². The van der Waals surface area contributed by atoms with Gasteiger partial charge in [-0.3, -0.25) is 4.79 Å². The van der Waals surface area contributed by atoms with E-state index in [-0.39, 0.29) is 25.1 Å². The van der Waals surface area contributed by atoms with E-state index in [1.165, 1.54) is 0 Å². The molecule has 0 saturated carbocycles. The van der Waals surface area contributed by atoms with Crippen LogP contribution in [0.3, 0.4) is 0 Å². The van der Waals surface area contributed by atoms with Gasteiger partial charge >= 0.3 is 11.9 Å². The van der Waals surface area contributed by atoms with Crippen molar-refractivity contribution in [3.8, 4) is 0 Å². The topological polar surface area (TPSA) is 55.8 Å². The molecular weight excluding hydrogens is 370 g/mol. The molecule has 1 heterocycles. The van der Waals surface area contributed by atoms with Gasteiger partial charge < -0.3 is 14.4 Å². The highest BCUT2D eigenvalue weighted by Gasteiger charge is 2.24. The van der Waals surface area contributed by atoms with Crippen LogP contribution in [0.15, 0.2) is 0 Å². The Morgan fingerprint density at radius 2 is 1.78 bits per heavy atom. The molecule has 1 saturated heterocycles. The van der Waals surface area contributed by atoms with Gasteiger partial charge in [0.1, 0.15) is 13.2 Å². The van der Waals surface area contributed by atoms with Crippen molar-refractivity contribution in [1.29, 1.82) is 0 Å². The first-order valence-electron chi connectivity index (χ1n) is 5.80. The van der Waals surface area contributed by atoms with Crippen LogP contribution in [-0.4, -0.2) is 53.9 Å². The molecule has 0 atom stereocenters. The van der Waals surface area contributed by atoms with E-state index in [0.717, 1.165) is 25.9 Å². The maximum atomic E-state index is 11.7. The standard InChI is InChI=1S/C11H17Br2NO4/c1-14-4-2-8(3-5-14)10(15)17-6-7-18-11(16)9(12)13/h8-9H,2-7H2,1H3. The lowest BCUT2D eigenvalue weighted by Crippen LogP contribution is -2.34. The Bertz CT molecular complexity index is 291. The zero-order valence-corrected chi connectivity index (χ0v) is 13.4. The van der Waals surface area contributed by atoms with E-state index in [2.05, 4.69) is 36.8 Å². The molecule has 7 heteroatoms. The third kappa shape index (κ3) is 5.67. The lowest BCUT2D eigenvalue weighted by atomic mass is 9.97. The second-order valence-electron chi connectivity index (χ2n) is 4.21. The molecule has 0 bridgehead atoms. The maximum absolute atomic E-state index is 11.7. The minimum absolute atomic E-state index is 0.0167. The van der Waals surface area contributed by atoms with Gasteiger partial charge in [0, 0.05) is 0 Å². The second-order valence-corrected chi connectivity index (χ2v) is 7.27. The maximum Gasteiger partial charge on any atom is 0.330 e. The Morgan fingerprint density at radius 1 is 1.22 bits per heavy atom. The van der Waals surface area contributed by atoms with Crippen molar-refractivity contribution in [3.05, 3.63) is 0 Å². The number of alkyl halides is 2. The zero-order chi connectivity index (χ0) is 13.5. The predicted molar refractivity (Wildman–Crippen MR) is 73.8 cm³/mol. The molecule has 5 nitrogen and oxygen atoms in total. The van der Waals surface area contributed by atoms with Gasteiger partial charge in [0.15, 0.2) is 3.74 Å². The summed E-state index contributed by atoms with van der Waals surface area (Å²) < 4.78 is 9.40. The van der Waals surface area contributed by atoms with Crippen LogP contribution in [0.1, 0.15) is 12.8 Å². The number of hydrogen-bond donors (Lipinski definition) is 0. The summed E-state index contributed by atoms with van der Waals surface area (Å²) in [4.78, 5) is 24.9. The summed E-state index contributed by atoms with van der Waals surface area (Å²) in [6.45, 7) is 2.04. The van der Waals surface area contributed by atoms with Gasteiger partial charge in [-0.1, -0.05) is 31.9 Å². The van der Waals surface area contributed by atoms with Crippen LogP contribution >= 0.6 is 31.9 Å². The molecule has 104 valence electrons. The van der Waals surface area contributed by atoms with E-state index in [0.29, 0.717) is 0 Å². The molecule has 0 aliphatic carbocycles. The summed E-state index contributed by atoms with van der Waals surface area (Å²) in [5, 5.41) is 0. The zero-order valence-electron chi connectivity index (χ0n) is 10.2. The number of nitrogens with zero attached hydrogens (tertiary/aromatic N) is 1. The van der Waals surface area contributed by atoms with Gasteiger partial charge in [-0.2, -0.15) is 0 Å². The Balaban J connectivity index is 2.12. The number of ether oxygens (including phenoxy) is 2. The van der Waals surface area contributed by atoms with E-state index in [9.17, 15) is 9.59 Å². The summed E-state index contributed by atoms with van der Waals surface area (Å²) in [5.41, 5.74) is 0. The SMILES string of the molecule is CN1CCC(C(=O)OCCOC(=O)C(Br)Br)CC1. The third-order valence-electron chi connectivity index (χ3n) is 2.80. The molecule has 1 rings (SSSR count). The van der Waals surface area contributed by atoms with Crippen molar-refractivity contribution in [2.75, 3.05) is 33.4 Å². The second kappa shape index (κ2) is 8.12. The molecular formula is C11H17Br2NO4. The summed E-state index contributed by atoms with van der Waals surface area (Å²) in [6, 6.07) is 0. The normalized spacial score (nSPS) is 17.8. The van der Waals surface area contributed by atoms with Gasteiger partial charge in [0.25, 0.3) is 0 Å². The van der Waals surface area contributed by atoms with Crippen molar-refractivity contribution >= 4 is 43.8 Å². The number of halogens is 2. The number of carbonyl (C=O) groups is 2. The first kappa shape index (κ1) is 15.9. The minimum Gasteiger partial charge on any atom is -0.462 e. The third-order valence-corrected chi connectivity index (χ3v) is 3.55. The molecule has 1 aliphatic rings. The molecule has 1 fully saturated rings. The fourth-order valence-electron chi connectivity index (χ4n) is 1.71. The Kier molecular flexibility index (Phi) is 7.18. The van der Waals surface area contributed by atoms with Crippen LogP contribution in [0.4, 0.5) is 0 Å². The van der Waals surface area contributed by atoms with Gasteiger partial charge in [0.2, 0.25) is 0 Å². The summed E-state index contributed by atoms with van der Waals surface area (Å²) in [7, 11) is 2.04. The van der Waals surface area contributed by atoms with E-state index < -0.39 is 9.71 Å². The minimum atomic E-state index is -0.519. The van der Waals surface area contributed by atoms with Crippen molar-refractivity contribution in [3.63, 3.8) is 0 Å². The molecule has 0 spiro atoms. The molecule has 0 aromatic heterocycles. The highest BCUT2D eigenvalue weighted by molar-refractivity contribution is 9.25. The lowest BCUT2D eigenvalue weighted by Gasteiger charge is -2.27. The number of esters is 2. The van der Waals surface area contributed by atoms with Crippen molar-refractivity contribution in [2.24, 2.45) is 5.92 Å². The number of piperidine rings is 1. The van der Waals surface area contributed by atoms with Crippen LogP contribution in [0.25, 0.3) is 0 Å². The molecule has 0 radical (unpaired) electrons. The molecule has 0 N–H and O–H groups in total. The number of rotatable bonds is 5. The van der Waals surface area contributed by atoms with Gasteiger partial charge in [-0.05, 0) is 33.0 Å². The Labute approximate surface area is 123 Å². The van der Waals surface area contributed by atoms with Crippen molar-refractivity contribution < 1.29 is 19.1 Å². The van der Waals surface area contributed by atoms with Gasteiger partial charge in [0.05, 0.1) is 5.92 Å². The highest BCUT2D eigenvalue weighted by Crippen LogP contribution is 2.17. The van der Waals surface area contributed by atoms with Crippen molar-refractivity contribution in [1.82, 2.24) is 4.90 Å². The fourth-order valence-corrected chi connectivity index (χ4v) is 1.97. The molecule has 1 aliphatic heterocycles. The first-order valence-corrected chi connectivity index (χ1v) is 7.64. The van der Waals surface area contributed by atoms with Crippen LogP contribution in [0.2, 0.25) is 0 Å². The van der Waals surface area contributed by atoms with Gasteiger partial charge in [-0.15, -0.1) is 0 Å². The molecule has 0 aromatic rings. The van der Waals surface area contributed by atoms with E-state index >= 15 is 0 Å². The first-order chi connectivity index (χ1) is 8.50. The fraction of sp³-hybridized carbons (Fsp3) is 0.818. The van der Waals surface area contributed by atoms with Crippen LogP contribution < -0.4 is 0 Å². The Hall–Kier alpha value is -0.140. The molecule has 0 amide bonds. The van der Waals surface area contributed by atoms with E-state index in [1.54, 1.807) is 0 Å². The molecule has 18 heavy (non-hydrogen) atoms.